The van der Waals surface area contributed by atoms with Gasteiger partial charge in [-0.25, -0.2) is 0 Å². The van der Waals surface area contributed by atoms with Crippen molar-refractivity contribution in [2.75, 3.05) is 25.1 Å². The van der Waals surface area contributed by atoms with Gasteiger partial charge in [-0.15, -0.1) is 5.10 Å². The summed E-state index contributed by atoms with van der Waals surface area (Å²) in [6.45, 7) is 3.35. The number of para-hydroxylation sites is 1. The molecule has 1 aromatic heterocycles. The Morgan fingerprint density at radius 3 is 2.78 bits per heavy atom. The summed E-state index contributed by atoms with van der Waals surface area (Å²) in [4.78, 5) is 12.5. The monoisotopic (exact) mass is 367 g/mol. The SMILES string of the molecule is CCOc1ccccc1-c1nnc(NC(=O)c2ccc3c(c2)OCCO3)o1. The van der Waals surface area contributed by atoms with Crippen molar-refractivity contribution in [3.63, 3.8) is 0 Å². The van der Waals surface area contributed by atoms with Crippen LogP contribution < -0.4 is 19.5 Å². The third-order valence-electron chi connectivity index (χ3n) is 3.87. The predicted octanol–water partition coefficient (Wildman–Crippen LogP) is 3.16. The van der Waals surface area contributed by atoms with Crippen molar-refractivity contribution >= 4 is 11.9 Å². The Kier molecular flexibility index (Phi) is 4.61. The van der Waals surface area contributed by atoms with Gasteiger partial charge in [-0.05, 0) is 37.3 Å². The molecule has 0 aliphatic carbocycles. The summed E-state index contributed by atoms with van der Waals surface area (Å²) in [6.07, 6.45) is 0. The molecule has 2 heterocycles. The molecule has 8 nitrogen and oxygen atoms in total. The first-order valence-corrected chi connectivity index (χ1v) is 8.51. The highest BCUT2D eigenvalue weighted by atomic mass is 16.6. The largest absolute Gasteiger partial charge is 0.493 e. The summed E-state index contributed by atoms with van der Waals surface area (Å²) < 4.78 is 22.1. The number of carbonyl (C=O) groups is 1. The van der Waals surface area contributed by atoms with E-state index in [0.717, 1.165) is 0 Å². The third kappa shape index (κ3) is 3.55. The fourth-order valence-corrected chi connectivity index (χ4v) is 2.66. The minimum absolute atomic E-state index is 0.00353. The van der Waals surface area contributed by atoms with E-state index in [1.165, 1.54) is 0 Å². The van der Waals surface area contributed by atoms with Crippen LogP contribution in [0.2, 0.25) is 0 Å². The van der Waals surface area contributed by atoms with Gasteiger partial charge in [-0.1, -0.05) is 17.2 Å². The zero-order chi connectivity index (χ0) is 18.6. The van der Waals surface area contributed by atoms with Crippen LogP contribution >= 0.6 is 0 Å². The lowest BCUT2D eigenvalue weighted by atomic mass is 10.2. The molecule has 3 aromatic rings. The number of nitrogens with zero attached hydrogens (tertiary/aromatic N) is 2. The molecular weight excluding hydrogens is 350 g/mol. The van der Waals surface area contributed by atoms with Crippen molar-refractivity contribution in [3.05, 3.63) is 48.0 Å². The maximum absolute atomic E-state index is 12.5. The second-order valence-corrected chi connectivity index (χ2v) is 5.65. The molecule has 2 aromatic carbocycles. The number of aromatic nitrogens is 2. The highest BCUT2D eigenvalue weighted by Gasteiger charge is 2.18. The fourth-order valence-electron chi connectivity index (χ4n) is 2.66. The van der Waals surface area contributed by atoms with Crippen molar-refractivity contribution in [1.29, 1.82) is 0 Å². The van der Waals surface area contributed by atoms with Gasteiger partial charge in [0, 0.05) is 5.56 Å². The first kappa shape index (κ1) is 16.9. The summed E-state index contributed by atoms with van der Waals surface area (Å²) in [7, 11) is 0. The summed E-state index contributed by atoms with van der Waals surface area (Å²) in [5, 5.41) is 10.5. The molecule has 0 saturated carbocycles. The molecule has 138 valence electrons. The van der Waals surface area contributed by atoms with Crippen molar-refractivity contribution in [2.45, 2.75) is 6.92 Å². The number of rotatable bonds is 5. The van der Waals surface area contributed by atoms with Gasteiger partial charge in [0.1, 0.15) is 19.0 Å². The smallest absolute Gasteiger partial charge is 0.322 e. The van der Waals surface area contributed by atoms with Crippen LogP contribution in [0.3, 0.4) is 0 Å². The Bertz CT molecular complexity index is 969. The van der Waals surface area contributed by atoms with Gasteiger partial charge < -0.3 is 18.6 Å². The number of benzene rings is 2. The molecule has 27 heavy (non-hydrogen) atoms. The maximum Gasteiger partial charge on any atom is 0.322 e. The first-order valence-electron chi connectivity index (χ1n) is 8.51. The van der Waals surface area contributed by atoms with Crippen LogP contribution in [-0.4, -0.2) is 35.9 Å². The number of ether oxygens (including phenoxy) is 3. The molecule has 0 spiro atoms. The second-order valence-electron chi connectivity index (χ2n) is 5.65. The van der Waals surface area contributed by atoms with E-state index < -0.39 is 0 Å². The molecule has 0 atom stereocenters. The molecule has 8 heteroatoms. The van der Waals surface area contributed by atoms with E-state index in [0.29, 0.717) is 48.2 Å². The van der Waals surface area contributed by atoms with Crippen LogP contribution in [0.5, 0.6) is 17.2 Å². The molecule has 4 rings (SSSR count). The van der Waals surface area contributed by atoms with E-state index >= 15 is 0 Å². The Morgan fingerprint density at radius 1 is 1.11 bits per heavy atom. The Hall–Kier alpha value is -3.55. The van der Waals surface area contributed by atoms with E-state index in [4.69, 9.17) is 18.6 Å². The zero-order valence-electron chi connectivity index (χ0n) is 14.6. The minimum atomic E-state index is -0.389. The standard InChI is InChI=1S/C19H17N3O5/c1-2-24-14-6-4-3-5-13(14)18-21-22-19(27-18)20-17(23)12-7-8-15-16(11-12)26-10-9-25-15/h3-8,11H,2,9-10H2,1H3,(H,20,22,23). The average molecular weight is 367 g/mol. The number of amides is 1. The molecule has 0 saturated heterocycles. The van der Waals surface area contributed by atoms with Gasteiger partial charge in [0.15, 0.2) is 11.5 Å². The fraction of sp³-hybridized carbons (Fsp3) is 0.211. The van der Waals surface area contributed by atoms with Gasteiger partial charge in [-0.2, -0.15) is 0 Å². The molecule has 0 unspecified atom stereocenters. The van der Waals surface area contributed by atoms with Crippen LogP contribution in [0.1, 0.15) is 17.3 Å². The predicted molar refractivity (Wildman–Crippen MR) is 96.3 cm³/mol. The number of hydrogen-bond donors (Lipinski definition) is 1. The Labute approximate surface area is 155 Å². The molecule has 0 fully saturated rings. The molecule has 0 radical (unpaired) electrons. The molecule has 1 N–H and O–H groups in total. The van der Waals surface area contributed by atoms with Gasteiger partial charge in [0.25, 0.3) is 11.8 Å². The number of hydrogen-bond acceptors (Lipinski definition) is 7. The first-order chi connectivity index (χ1) is 13.2. The molecule has 0 bridgehead atoms. The van der Waals surface area contributed by atoms with E-state index in [-0.39, 0.29) is 17.8 Å². The normalized spacial score (nSPS) is 12.5. The number of fused-ring (bicyclic) bond motifs is 1. The van der Waals surface area contributed by atoms with Crippen molar-refractivity contribution in [3.8, 4) is 28.7 Å². The van der Waals surface area contributed by atoms with Crippen LogP contribution in [0, 0.1) is 0 Å². The second kappa shape index (κ2) is 7.36. The highest BCUT2D eigenvalue weighted by Crippen LogP contribution is 2.32. The van der Waals surface area contributed by atoms with Gasteiger partial charge >= 0.3 is 6.01 Å². The van der Waals surface area contributed by atoms with Crippen LogP contribution in [0.25, 0.3) is 11.5 Å². The number of nitrogens with one attached hydrogen (secondary N) is 1. The van der Waals surface area contributed by atoms with Crippen LogP contribution in [0.4, 0.5) is 6.01 Å². The van der Waals surface area contributed by atoms with Gasteiger partial charge in [0.05, 0.1) is 12.2 Å². The average Bonchev–Trinajstić information content (AvgIpc) is 3.16. The zero-order valence-corrected chi connectivity index (χ0v) is 14.6. The summed E-state index contributed by atoms with van der Waals surface area (Å²) >= 11 is 0. The van der Waals surface area contributed by atoms with Gasteiger partial charge in [0.2, 0.25) is 0 Å². The summed E-state index contributed by atoms with van der Waals surface area (Å²) in [5.74, 6) is 1.65. The number of carbonyl (C=O) groups excluding carboxylic acids is 1. The summed E-state index contributed by atoms with van der Waals surface area (Å²) in [6, 6.07) is 12.3. The van der Waals surface area contributed by atoms with E-state index in [2.05, 4.69) is 15.5 Å². The van der Waals surface area contributed by atoms with E-state index in [9.17, 15) is 4.79 Å². The Balaban J connectivity index is 1.52. The van der Waals surface area contributed by atoms with E-state index in [1.54, 1.807) is 18.2 Å². The number of anilines is 1. The van der Waals surface area contributed by atoms with Crippen molar-refractivity contribution < 1.29 is 23.4 Å². The highest BCUT2D eigenvalue weighted by molar-refractivity contribution is 6.03. The van der Waals surface area contributed by atoms with Crippen molar-refractivity contribution in [2.24, 2.45) is 0 Å². The maximum atomic E-state index is 12.5. The lowest BCUT2D eigenvalue weighted by molar-refractivity contribution is 0.102. The summed E-state index contributed by atoms with van der Waals surface area (Å²) in [5.41, 5.74) is 1.06. The topological polar surface area (TPSA) is 95.7 Å². The lowest BCUT2D eigenvalue weighted by Gasteiger charge is -2.18. The molecular formula is C19H17N3O5. The lowest BCUT2D eigenvalue weighted by Crippen LogP contribution is -2.17. The van der Waals surface area contributed by atoms with Gasteiger partial charge in [-0.3, -0.25) is 10.1 Å². The minimum Gasteiger partial charge on any atom is -0.493 e. The van der Waals surface area contributed by atoms with E-state index in [1.807, 2.05) is 31.2 Å². The Morgan fingerprint density at radius 2 is 1.93 bits per heavy atom. The quantitative estimate of drug-likeness (QED) is 0.740. The van der Waals surface area contributed by atoms with Crippen LogP contribution in [-0.2, 0) is 0 Å². The van der Waals surface area contributed by atoms with Crippen LogP contribution in [0.15, 0.2) is 46.9 Å². The van der Waals surface area contributed by atoms with Crippen molar-refractivity contribution in [1.82, 2.24) is 10.2 Å². The molecule has 1 aliphatic heterocycles. The third-order valence-corrected chi connectivity index (χ3v) is 3.87. The molecule has 1 amide bonds. The molecule has 1 aliphatic rings.